The quantitative estimate of drug-likeness (QED) is 0.545. The molecule has 0 saturated carbocycles. The van der Waals surface area contributed by atoms with Gasteiger partial charge in [-0.15, -0.1) is 0 Å². The molecule has 1 atom stereocenters. The molecule has 0 bridgehead atoms. The van der Waals surface area contributed by atoms with Crippen molar-refractivity contribution in [1.82, 2.24) is 9.97 Å². The van der Waals surface area contributed by atoms with Crippen molar-refractivity contribution in [2.24, 2.45) is 0 Å². The molecule has 0 aliphatic carbocycles. The molecule has 0 fully saturated rings. The van der Waals surface area contributed by atoms with Crippen LogP contribution in [0, 0.1) is 0 Å². The van der Waals surface area contributed by atoms with Gasteiger partial charge in [-0.2, -0.15) is 0 Å². The van der Waals surface area contributed by atoms with Crippen LogP contribution < -0.4 is 5.32 Å². The third-order valence-electron chi connectivity index (χ3n) is 4.84. The zero-order valence-electron chi connectivity index (χ0n) is 14.1. The van der Waals surface area contributed by atoms with Gasteiger partial charge in [0.2, 0.25) is 0 Å². The van der Waals surface area contributed by atoms with Gasteiger partial charge in [-0.05, 0) is 35.9 Å². The summed E-state index contributed by atoms with van der Waals surface area (Å²) < 4.78 is 0. The van der Waals surface area contributed by atoms with Gasteiger partial charge in [0.1, 0.15) is 0 Å². The summed E-state index contributed by atoms with van der Waals surface area (Å²) in [5, 5.41) is 4.58. The van der Waals surface area contributed by atoms with E-state index in [4.69, 9.17) is 4.98 Å². The molecule has 3 heterocycles. The zero-order valence-corrected chi connectivity index (χ0v) is 14.1. The SMILES string of the molecule is C1=C(c2ccc3ccccc3n2)[C@H](c2ccccn2)c2ccccc2N1. The van der Waals surface area contributed by atoms with E-state index < -0.39 is 0 Å². The third-order valence-corrected chi connectivity index (χ3v) is 4.84. The number of fused-ring (bicyclic) bond motifs is 2. The maximum absolute atomic E-state index is 4.91. The molecule has 0 saturated heterocycles. The lowest BCUT2D eigenvalue weighted by Gasteiger charge is -2.27. The lowest BCUT2D eigenvalue weighted by atomic mass is 9.83. The molecule has 1 aliphatic rings. The normalized spacial score (nSPS) is 15.8. The molecule has 4 aromatic rings. The Morgan fingerprint density at radius 1 is 0.769 bits per heavy atom. The number of anilines is 1. The van der Waals surface area contributed by atoms with Crippen LogP contribution in [0.1, 0.15) is 22.9 Å². The van der Waals surface area contributed by atoms with E-state index in [0.29, 0.717) is 0 Å². The summed E-state index contributed by atoms with van der Waals surface area (Å²) in [6.45, 7) is 0. The van der Waals surface area contributed by atoms with Gasteiger partial charge >= 0.3 is 0 Å². The second-order valence-electron chi connectivity index (χ2n) is 6.41. The van der Waals surface area contributed by atoms with Gasteiger partial charge in [0.05, 0.1) is 22.8 Å². The van der Waals surface area contributed by atoms with Crippen LogP contribution in [0.5, 0.6) is 0 Å². The first-order valence-electron chi connectivity index (χ1n) is 8.73. The van der Waals surface area contributed by atoms with Gasteiger partial charge in [0, 0.05) is 29.0 Å². The minimum absolute atomic E-state index is 0.0577. The van der Waals surface area contributed by atoms with Gasteiger partial charge in [-0.1, -0.05) is 48.5 Å². The second kappa shape index (κ2) is 6.12. The molecule has 0 unspecified atom stereocenters. The van der Waals surface area contributed by atoms with Gasteiger partial charge in [0.25, 0.3) is 0 Å². The van der Waals surface area contributed by atoms with Gasteiger partial charge in [-0.3, -0.25) is 4.98 Å². The van der Waals surface area contributed by atoms with E-state index in [1.165, 1.54) is 5.56 Å². The fourth-order valence-electron chi connectivity index (χ4n) is 3.60. The van der Waals surface area contributed by atoms with E-state index in [1.54, 1.807) is 0 Å². The highest BCUT2D eigenvalue weighted by Crippen LogP contribution is 2.42. The highest BCUT2D eigenvalue weighted by Gasteiger charge is 2.27. The van der Waals surface area contributed by atoms with E-state index in [1.807, 2.05) is 30.5 Å². The Hall–Kier alpha value is -3.46. The van der Waals surface area contributed by atoms with Crippen LogP contribution in [0.2, 0.25) is 0 Å². The summed E-state index contributed by atoms with van der Waals surface area (Å²) in [6.07, 6.45) is 3.92. The Balaban J connectivity index is 1.70. The molecule has 26 heavy (non-hydrogen) atoms. The Labute approximate surface area is 152 Å². The molecule has 1 aliphatic heterocycles. The highest BCUT2D eigenvalue weighted by molar-refractivity contribution is 5.85. The first kappa shape index (κ1) is 14.8. The molecular formula is C23H17N3. The molecule has 0 amide bonds. The fraction of sp³-hybridized carbons (Fsp3) is 0.0435. The number of hydrogen-bond acceptors (Lipinski definition) is 3. The van der Waals surface area contributed by atoms with Crippen LogP contribution in [-0.2, 0) is 0 Å². The average Bonchev–Trinajstić information content (AvgIpc) is 2.73. The number of hydrogen-bond donors (Lipinski definition) is 1. The van der Waals surface area contributed by atoms with Crippen molar-refractivity contribution < 1.29 is 0 Å². The van der Waals surface area contributed by atoms with Gasteiger partial charge < -0.3 is 5.32 Å². The van der Waals surface area contributed by atoms with Gasteiger partial charge in [-0.25, -0.2) is 4.98 Å². The Bertz CT molecular complexity index is 1120. The molecule has 0 spiro atoms. The van der Waals surface area contributed by atoms with E-state index >= 15 is 0 Å². The van der Waals surface area contributed by atoms with Crippen molar-refractivity contribution in [3.63, 3.8) is 0 Å². The number of para-hydroxylation sites is 2. The standard InChI is InChI=1S/C23H17N3/c1-3-9-19-16(7-1)12-13-21(26-19)18-15-25-20-10-4-2-8-17(20)23(18)22-11-5-6-14-24-22/h1-15,23,25H/t23-/m1/s1. The molecule has 2 aromatic heterocycles. The first-order valence-corrected chi connectivity index (χ1v) is 8.73. The number of benzene rings is 2. The first-order chi connectivity index (χ1) is 12.9. The lowest BCUT2D eigenvalue weighted by Crippen LogP contribution is -2.14. The number of pyridine rings is 2. The molecule has 5 rings (SSSR count). The van der Waals surface area contributed by atoms with Crippen molar-refractivity contribution in [1.29, 1.82) is 0 Å². The van der Waals surface area contributed by atoms with E-state index in [0.717, 1.165) is 33.6 Å². The Morgan fingerprint density at radius 2 is 1.62 bits per heavy atom. The third kappa shape index (κ3) is 2.45. The van der Waals surface area contributed by atoms with Crippen molar-refractivity contribution in [2.75, 3.05) is 5.32 Å². The van der Waals surface area contributed by atoms with Crippen LogP contribution in [-0.4, -0.2) is 9.97 Å². The molecular weight excluding hydrogens is 318 g/mol. The van der Waals surface area contributed by atoms with E-state index in [2.05, 4.69) is 71.1 Å². The summed E-state index contributed by atoms with van der Waals surface area (Å²) >= 11 is 0. The predicted molar refractivity (Wildman–Crippen MR) is 106 cm³/mol. The summed E-state index contributed by atoms with van der Waals surface area (Å²) in [6, 6.07) is 26.9. The summed E-state index contributed by atoms with van der Waals surface area (Å²) in [4.78, 5) is 9.55. The average molecular weight is 335 g/mol. The van der Waals surface area contributed by atoms with Crippen LogP contribution in [0.4, 0.5) is 5.69 Å². The minimum Gasteiger partial charge on any atom is -0.361 e. The number of aromatic nitrogens is 2. The van der Waals surface area contributed by atoms with E-state index in [9.17, 15) is 0 Å². The fourth-order valence-corrected chi connectivity index (χ4v) is 3.60. The van der Waals surface area contributed by atoms with Crippen LogP contribution >= 0.6 is 0 Å². The van der Waals surface area contributed by atoms with Crippen LogP contribution in [0.25, 0.3) is 16.5 Å². The predicted octanol–water partition coefficient (Wildman–Crippen LogP) is 5.23. The molecule has 124 valence electrons. The summed E-state index contributed by atoms with van der Waals surface area (Å²) in [7, 11) is 0. The van der Waals surface area contributed by atoms with Crippen molar-refractivity contribution in [3.8, 4) is 0 Å². The number of allylic oxidation sites excluding steroid dienone is 1. The number of nitrogens with one attached hydrogen (secondary N) is 1. The van der Waals surface area contributed by atoms with Crippen molar-refractivity contribution in [2.45, 2.75) is 5.92 Å². The lowest BCUT2D eigenvalue weighted by molar-refractivity contribution is 0.955. The Kier molecular flexibility index (Phi) is 3.49. The molecule has 1 N–H and O–H groups in total. The van der Waals surface area contributed by atoms with Gasteiger partial charge in [0.15, 0.2) is 0 Å². The second-order valence-corrected chi connectivity index (χ2v) is 6.41. The largest absolute Gasteiger partial charge is 0.361 e. The molecule has 2 aromatic carbocycles. The van der Waals surface area contributed by atoms with Crippen molar-refractivity contribution >= 4 is 22.2 Å². The van der Waals surface area contributed by atoms with E-state index in [-0.39, 0.29) is 5.92 Å². The number of nitrogens with zero attached hydrogens (tertiary/aromatic N) is 2. The monoisotopic (exact) mass is 335 g/mol. The zero-order chi connectivity index (χ0) is 17.3. The Morgan fingerprint density at radius 3 is 2.54 bits per heavy atom. The molecule has 0 radical (unpaired) electrons. The minimum atomic E-state index is 0.0577. The summed E-state index contributed by atoms with van der Waals surface area (Å²) in [5.74, 6) is 0.0577. The summed E-state index contributed by atoms with van der Waals surface area (Å²) in [5.41, 5.74) is 6.48. The van der Waals surface area contributed by atoms with Crippen LogP contribution in [0.15, 0.2) is 91.3 Å². The van der Waals surface area contributed by atoms with Crippen LogP contribution in [0.3, 0.4) is 0 Å². The highest BCUT2D eigenvalue weighted by atomic mass is 14.9. The molecule has 3 nitrogen and oxygen atoms in total. The molecule has 3 heteroatoms. The smallest absolute Gasteiger partial charge is 0.0709 e. The maximum Gasteiger partial charge on any atom is 0.0709 e. The maximum atomic E-state index is 4.91. The van der Waals surface area contributed by atoms with Crippen molar-refractivity contribution in [3.05, 3.63) is 108 Å². The topological polar surface area (TPSA) is 37.8 Å². The number of rotatable bonds is 2.